The number of nitrogens with one attached hydrogen (secondary N) is 1. The fourth-order valence-corrected chi connectivity index (χ4v) is 7.01. The monoisotopic (exact) mass is 485 g/mol. The standard InChI is InChI=1S/C22H26F3N3O4S/c1-33(31,32)17-7-14(2-3-16(17)22(23,24)25)6-15-8-20(9-15)10-27(11-20)19(30)28-12-21(13-28)5-4-18(29)26-21/h2-3,7,15H,4-6,8-13H2,1H3,(H,26,29). The number of sulfone groups is 1. The van der Waals surface area contributed by atoms with E-state index in [0.717, 1.165) is 37.7 Å². The minimum Gasteiger partial charge on any atom is -0.347 e. The van der Waals surface area contributed by atoms with E-state index < -0.39 is 26.5 Å². The highest BCUT2D eigenvalue weighted by atomic mass is 32.2. The number of carbonyl (C=O) groups excluding carboxylic acids is 2. The summed E-state index contributed by atoms with van der Waals surface area (Å²) in [7, 11) is -4.01. The Morgan fingerprint density at radius 1 is 1.15 bits per heavy atom. The normalized spacial score (nSPS) is 23.8. The number of halogens is 3. The van der Waals surface area contributed by atoms with Crippen LogP contribution in [0.15, 0.2) is 23.1 Å². The van der Waals surface area contributed by atoms with Gasteiger partial charge in [-0.15, -0.1) is 0 Å². The van der Waals surface area contributed by atoms with Crippen molar-refractivity contribution in [3.8, 4) is 0 Å². The number of hydrogen-bond donors (Lipinski definition) is 1. The molecule has 11 heteroatoms. The van der Waals surface area contributed by atoms with Gasteiger partial charge >= 0.3 is 12.2 Å². The lowest BCUT2D eigenvalue weighted by molar-refractivity contribution is -0.139. The molecule has 1 aromatic carbocycles. The highest BCUT2D eigenvalue weighted by Gasteiger charge is 2.56. The molecule has 0 radical (unpaired) electrons. The van der Waals surface area contributed by atoms with Crippen LogP contribution < -0.4 is 5.32 Å². The average Bonchev–Trinajstić information content (AvgIpc) is 3.01. The van der Waals surface area contributed by atoms with Crippen LogP contribution in [-0.4, -0.2) is 68.1 Å². The molecule has 3 saturated heterocycles. The summed E-state index contributed by atoms with van der Waals surface area (Å²) in [6.45, 7) is 2.44. The lowest BCUT2D eigenvalue weighted by Crippen LogP contribution is -2.73. The Balaban J connectivity index is 1.13. The zero-order valence-corrected chi connectivity index (χ0v) is 19.1. The third kappa shape index (κ3) is 3.98. The molecule has 1 aliphatic carbocycles. The largest absolute Gasteiger partial charge is 0.417 e. The molecule has 0 bridgehead atoms. The second kappa shape index (κ2) is 7.10. The molecule has 3 amide bonds. The van der Waals surface area contributed by atoms with Crippen molar-refractivity contribution < 1.29 is 31.2 Å². The predicted octanol–water partition coefficient (Wildman–Crippen LogP) is 2.45. The van der Waals surface area contributed by atoms with Gasteiger partial charge < -0.3 is 15.1 Å². The van der Waals surface area contributed by atoms with E-state index in [2.05, 4.69) is 5.32 Å². The van der Waals surface area contributed by atoms with Crippen molar-refractivity contribution in [3.63, 3.8) is 0 Å². The van der Waals surface area contributed by atoms with E-state index in [1.807, 2.05) is 4.90 Å². The van der Waals surface area contributed by atoms with E-state index in [0.29, 0.717) is 44.6 Å². The number of nitrogens with zero attached hydrogens (tertiary/aromatic N) is 2. The maximum atomic E-state index is 13.2. The number of amides is 3. The van der Waals surface area contributed by atoms with E-state index in [4.69, 9.17) is 0 Å². The van der Waals surface area contributed by atoms with Crippen LogP contribution in [0.25, 0.3) is 0 Å². The predicted molar refractivity (Wildman–Crippen MR) is 112 cm³/mol. The first-order valence-electron chi connectivity index (χ1n) is 11.0. The van der Waals surface area contributed by atoms with E-state index >= 15 is 0 Å². The second-order valence-electron chi connectivity index (χ2n) is 10.4. The SMILES string of the molecule is CS(=O)(=O)c1cc(CC2CC3(C2)CN(C(=O)N2CC4(CCC(=O)N4)C2)C3)ccc1C(F)(F)F. The highest BCUT2D eigenvalue weighted by Crippen LogP contribution is 2.53. The maximum Gasteiger partial charge on any atom is 0.417 e. The van der Waals surface area contributed by atoms with Crippen LogP contribution in [0.4, 0.5) is 18.0 Å². The third-order valence-electron chi connectivity index (χ3n) is 7.53. The first-order chi connectivity index (χ1) is 15.3. The van der Waals surface area contributed by atoms with Crippen LogP contribution >= 0.6 is 0 Å². The van der Waals surface area contributed by atoms with Gasteiger partial charge in [-0.3, -0.25) is 4.79 Å². The number of carbonyl (C=O) groups is 2. The summed E-state index contributed by atoms with van der Waals surface area (Å²) < 4.78 is 63.3. The van der Waals surface area contributed by atoms with Gasteiger partial charge in [0.25, 0.3) is 0 Å². The number of likely N-dealkylation sites (tertiary alicyclic amines) is 2. The van der Waals surface area contributed by atoms with Gasteiger partial charge in [-0.1, -0.05) is 6.07 Å². The molecule has 3 heterocycles. The Labute approximate surface area is 190 Å². The van der Waals surface area contributed by atoms with Gasteiger partial charge in [-0.05, 0) is 49.3 Å². The van der Waals surface area contributed by atoms with E-state index in [1.54, 1.807) is 4.90 Å². The number of hydrogen-bond acceptors (Lipinski definition) is 4. The molecule has 1 N–H and O–H groups in total. The zero-order chi connectivity index (χ0) is 23.8. The van der Waals surface area contributed by atoms with Crippen molar-refractivity contribution >= 4 is 21.8 Å². The highest BCUT2D eigenvalue weighted by molar-refractivity contribution is 7.90. The van der Waals surface area contributed by atoms with Crippen molar-refractivity contribution in [1.82, 2.24) is 15.1 Å². The molecule has 4 fully saturated rings. The van der Waals surface area contributed by atoms with Crippen molar-refractivity contribution in [3.05, 3.63) is 29.3 Å². The fraction of sp³-hybridized carbons (Fsp3) is 0.636. The Bertz CT molecular complexity index is 1110. The quantitative estimate of drug-likeness (QED) is 0.713. The van der Waals surface area contributed by atoms with E-state index in [9.17, 15) is 31.2 Å². The molecule has 0 unspecified atom stereocenters. The van der Waals surface area contributed by atoms with E-state index in [-0.39, 0.29) is 28.8 Å². The average molecular weight is 486 g/mol. The van der Waals surface area contributed by atoms with Crippen molar-refractivity contribution in [2.24, 2.45) is 11.3 Å². The first kappa shape index (κ1) is 22.5. The molecular formula is C22H26F3N3O4S. The summed E-state index contributed by atoms with van der Waals surface area (Å²) in [5.41, 5.74) is -0.712. The number of benzene rings is 1. The summed E-state index contributed by atoms with van der Waals surface area (Å²) in [4.78, 5) is 27.0. The summed E-state index contributed by atoms with van der Waals surface area (Å²) in [6.07, 6.45) is -0.394. The van der Waals surface area contributed by atoms with Crippen LogP contribution in [0.2, 0.25) is 0 Å². The van der Waals surface area contributed by atoms with Crippen molar-refractivity contribution in [2.45, 2.75) is 48.7 Å². The summed E-state index contributed by atoms with van der Waals surface area (Å²) in [6, 6.07) is 3.37. The second-order valence-corrected chi connectivity index (χ2v) is 12.4. The molecule has 3 aliphatic heterocycles. The van der Waals surface area contributed by atoms with Gasteiger partial charge in [0.05, 0.1) is 16.0 Å². The fourth-order valence-electron chi connectivity index (χ4n) is 6.06. The molecule has 0 atom stereocenters. The topological polar surface area (TPSA) is 86.8 Å². The van der Waals surface area contributed by atoms with Gasteiger partial charge in [0.15, 0.2) is 9.84 Å². The third-order valence-corrected chi connectivity index (χ3v) is 8.67. The molecule has 180 valence electrons. The van der Waals surface area contributed by atoms with Gasteiger partial charge in [0.2, 0.25) is 5.91 Å². The summed E-state index contributed by atoms with van der Waals surface area (Å²) >= 11 is 0. The molecule has 5 rings (SSSR count). The molecule has 7 nitrogen and oxygen atoms in total. The molecule has 0 aromatic heterocycles. The van der Waals surface area contributed by atoms with Crippen LogP contribution in [0.1, 0.15) is 36.8 Å². The molecule has 1 saturated carbocycles. The Kier molecular flexibility index (Phi) is 4.84. The van der Waals surface area contributed by atoms with Crippen LogP contribution in [0.5, 0.6) is 0 Å². The first-order valence-corrected chi connectivity index (χ1v) is 12.9. The Hall–Kier alpha value is -2.30. The van der Waals surface area contributed by atoms with Gasteiger partial charge in [-0.25, -0.2) is 13.2 Å². The number of rotatable bonds is 3. The number of urea groups is 1. The molecule has 2 spiro atoms. The molecule has 1 aromatic rings. The molecule has 4 aliphatic rings. The Morgan fingerprint density at radius 2 is 1.79 bits per heavy atom. The lowest BCUT2D eigenvalue weighted by atomic mass is 9.56. The molecule has 33 heavy (non-hydrogen) atoms. The summed E-state index contributed by atoms with van der Waals surface area (Å²) in [5, 5.41) is 2.97. The van der Waals surface area contributed by atoms with Crippen LogP contribution in [0.3, 0.4) is 0 Å². The Morgan fingerprint density at radius 3 is 2.33 bits per heavy atom. The van der Waals surface area contributed by atoms with Crippen LogP contribution in [0, 0.1) is 11.3 Å². The van der Waals surface area contributed by atoms with Gasteiger partial charge in [0, 0.05) is 44.3 Å². The van der Waals surface area contributed by atoms with Gasteiger partial charge in [0.1, 0.15) is 0 Å². The van der Waals surface area contributed by atoms with Gasteiger partial charge in [-0.2, -0.15) is 13.2 Å². The van der Waals surface area contributed by atoms with Crippen molar-refractivity contribution in [1.29, 1.82) is 0 Å². The maximum absolute atomic E-state index is 13.2. The van der Waals surface area contributed by atoms with E-state index in [1.165, 1.54) is 6.07 Å². The smallest absolute Gasteiger partial charge is 0.347 e. The zero-order valence-electron chi connectivity index (χ0n) is 18.2. The lowest BCUT2D eigenvalue weighted by Gasteiger charge is -2.61. The van der Waals surface area contributed by atoms with Crippen molar-refractivity contribution in [2.75, 3.05) is 32.4 Å². The summed E-state index contributed by atoms with van der Waals surface area (Å²) in [5.74, 6) is 0.301. The minimum atomic E-state index is -4.72. The molecular weight excluding hydrogens is 459 g/mol. The minimum absolute atomic E-state index is 0.00335. The van der Waals surface area contributed by atoms with Crippen LogP contribution in [-0.2, 0) is 27.2 Å². The number of alkyl halides is 3.